The molecule has 2 aromatic rings. The monoisotopic (exact) mass is 374 g/mol. The minimum absolute atomic E-state index is 0.0538. The average molecular weight is 374 g/mol. The summed E-state index contributed by atoms with van der Waals surface area (Å²) in [5, 5.41) is 0. The first kappa shape index (κ1) is 18.2. The predicted molar refractivity (Wildman–Crippen MR) is 83.0 cm³/mol. The summed E-state index contributed by atoms with van der Waals surface area (Å²) in [7, 11) is 0. The van der Waals surface area contributed by atoms with Gasteiger partial charge in [0.05, 0.1) is 12.4 Å². The van der Waals surface area contributed by atoms with E-state index in [1.807, 2.05) is 0 Å². The van der Waals surface area contributed by atoms with E-state index in [0.717, 1.165) is 6.20 Å². The number of anilines is 2. The molecule has 1 aliphatic rings. The van der Waals surface area contributed by atoms with Crippen LogP contribution in [0.2, 0.25) is 0 Å². The zero-order valence-electron chi connectivity index (χ0n) is 13.4. The van der Waals surface area contributed by atoms with Gasteiger partial charge in [0.1, 0.15) is 17.3 Å². The molecule has 6 nitrogen and oxygen atoms in total. The summed E-state index contributed by atoms with van der Waals surface area (Å²) in [6.07, 6.45) is -3.28. The van der Waals surface area contributed by atoms with Crippen molar-refractivity contribution in [2.75, 3.05) is 11.5 Å². The molecule has 1 saturated carbocycles. The third kappa shape index (κ3) is 3.65. The Hall–Kier alpha value is -2.59. The molecule has 1 aliphatic carbocycles. The molecule has 0 atom stereocenters. The summed E-state index contributed by atoms with van der Waals surface area (Å²) in [6, 6.07) is 0. The zero-order valence-corrected chi connectivity index (χ0v) is 13.4. The van der Waals surface area contributed by atoms with E-state index in [0.29, 0.717) is 11.8 Å². The summed E-state index contributed by atoms with van der Waals surface area (Å²) >= 11 is 0. The second kappa shape index (κ2) is 6.29. The molecule has 0 aliphatic heterocycles. The summed E-state index contributed by atoms with van der Waals surface area (Å²) in [5.74, 6) is -3.35. The van der Waals surface area contributed by atoms with E-state index in [1.54, 1.807) is 0 Å². The second-order valence-electron chi connectivity index (χ2n) is 6.15. The molecule has 3 rings (SSSR count). The van der Waals surface area contributed by atoms with Crippen molar-refractivity contribution in [3.63, 3.8) is 0 Å². The molecular weight excluding hydrogens is 359 g/mol. The molecule has 2 aromatic heterocycles. The van der Waals surface area contributed by atoms with Crippen molar-refractivity contribution in [3.8, 4) is 11.5 Å². The third-order valence-corrected chi connectivity index (χ3v) is 4.28. The van der Waals surface area contributed by atoms with Crippen LogP contribution in [0.15, 0.2) is 12.4 Å². The van der Waals surface area contributed by atoms with Crippen LogP contribution in [0, 0.1) is 0 Å². The standard InChI is InChI=1S/C15H15F5N6/c16-14(17)3-1-7(2-4-14)10-11(21)25-13(26-12(10)22)8-5-23-6-9(24-8)15(18,19)20/h5-7H,1-4H2,(H4,21,22,25,26). The van der Waals surface area contributed by atoms with Gasteiger partial charge in [-0.1, -0.05) is 0 Å². The SMILES string of the molecule is Nc1nc(-c2cncc(C(F)(F)F)n2)nc(N)c1C1CCC(F)(F)CC1. The predicted octanol–water partition coefficient (Wildman–Crippen LogP) is 3.41. The first-order chi connectivity index (χ1) is 12.1. The van der Waals surface area contributed by atoms with Gasteiger partial charge in [0.2, 0.25) is 5.92 Å². The number of halogens is 5. The van der Waals surface area contributed by atoms with Crippen LogP contribution in [0.5, 0.6) is 0 Å². The maximum atomic E-state index is 13.3. The van der Waals surface area contributed by atoms with E-state index in [1.165, 1.54) is 0 Å². The Labute approximate surface area is 144 Å². The molecule has 0 aromatic carbocycles. The van der Waals surface area contributed by atoms with Crippen molar-refractivity contribution in [1.29, 1.82) is 0 Å². The highest BCUT2D eigenvalue weighted by Crippen LogP contribution is 2.43. The Morgan fingerprint density at radius 2 is 1.54 bits per heavy atom. The minimum Gasteiger partial charge on any atom is -0.383 e. The topological polar surface area (TPSA) is 104 Å². The summed E-state index contributed by atoms with van der Waals surface area (Å²) in [4.78, 5) is 14.9. The fourth-order valence-corrected chi connectivity index (χ4v) is 2.98. The second-order valence-corrected chi connectivity index (χ2v) is 6.15. The van der Waals surface area contributed by atoms with Crippen molar-refractivity contribution < 1.29 is 22.0 Å². The molecule has 26 heavy (non-hydrogen) atoms. The maximum Gasteiger partial charge on any atom is 0.434 e. The van der Waals surface area contributed by atoms with Crippen molar-refractivity contribution in [3.05, 3.63) is 23.7 Å². The van der Waals surface area contributed by atoms with Gasteiger partial charge < -0.3 is 11.5 Å². The van der Waals surface area contributed by atoms with Gasteiger partial charge in [-0.25, -0.2) is 23.7 Å². The van der Waals surface area contributed by atoms with E-state index in [-0.39, 0.29) is 54.8 Å². The van der Waals surface area contributed by atoms with Gasteiger partial charge in [-0.3, -0.25) is 4.98 Å². The number of nitrogens with zero attached hydrogens (tertiary/aromatic N) is 4. The molecule has 0 unspecified atom stereocenters. The van der Waals surface area contributed by atoms with Gasteiger partial charge in [0, 0.05) is 18.4 Å². The Morgan fingerprint density at radius 1 is 0.962 bits per heavy atom. The molecular formula is C15H15F5N6. The van der Waals surface area contributed by atoms with E-state index in [9.17, 15) is 22.0 Å². The maximum absolute atomic E-state index is 13.3. The molecule has 1 fully saturated rings. The van der Waals surface area contributed by atoms with E-state index >= 15 is 0 Å². The van der Waals surface area contributed by atoms with Crippen LogP contribution >= 0.6 is 0 Å². The quantitative estimate of drug-likeness (QED) is 0.781. The molecule has 11 heteroatoms. The highest BCUT2D eigenvalue weighted by molar-refractivity contribution is 5.62. The molecule has 4 N–H and O–H groups in total. The van der Waals surface area contributed by atoms with Crippen molar-refractivity contribution >= 4 is 11.6 Å². The third-order valence-electron chi connectivity index (χ3n) is 4.28. The molecule has 0 spiro atoms. The minimum atomic E-state index is -4.67. The number of rotatable bonds is 2. The summed E-state index contributed by atoms with van der Waals surface area (Å²) < 4.78 is 64.9. The number of alkyl halides is 5. The Kier molecular flexibility index (Phi) is 4.41. The molecule has 0 saturated heterocycles. The molecule has 0 bridgehead atoms. The van der Waals surface area contributed by atoms with Gasteiger partial charge >= 0.3 is 6.18 Å². The van der Waals surface area contributed by atoms with Crippen molar-refractivity contribution in [2.24, 2.45) is 0 Å². The number of aromatic nitrogens is 4. The molecule has 140 valence electrons. The van der Waals surface area contributed by atoms with E-state index in [2.05, 4.69) is 19.9 Å². The zero-order chi connectivity index (χ0) is 19.1. The first-order valence-electron chi connectivity index (χ1n) is 7.77. The largest absolute Gasteiger partial charge is 0.434 e. The highest BCUT2D eigenvalue weighted by atomic mass is 19.4. The van der Waals surface area contributed by atoms with Crippen molar-refractivity contribution in [1.82, 2.24) is 19.9 Å². The Morgan fingerprint density at radius 3 is 2.08 bits per heavy atom. The van der Waals surface area contributed by atoms with Gasteiger partial charge in [-0.2, -0.15) is 13.2 Å². The fourth-order valence-electron chi connectivity index (χ4n) is 2.98. The van der Waals surface area contributed by atoms with Crippen LogP contribution in [-0.2, 0) is 6.18 Å². The lowest BCUT2D eigenvalue weighted by molar-refractivity contribution is -0.141. The summed E-state index contributed by atoms with van der Waals surface area (Å²) in [6.45, 7) is 0. The van der Waals surface area contributed by atoms with E-state index in [4.69, 9.17) is 11.5 Å². The number of hydrogen-bond donors (Lipinski definition) is 2. The van der Waals surface area contributed by atoms with Crippen molar-refractivity contribution in [2.45, 2.75) is 43.7 Å². The highest BCUT2D eigenvalue weighted by Gasteiger charge is 2.37. The lowest BCUT2D eigenvalue weighted by Gasteiger charge is -2.29. The van der Waals surface area contributed by atoms with Crippen LogP contribution < -0.4 is 11.5 Å². The number of hydrogen-bond acceptors (Lipinski definition) is 6. The van der Waals surface area contributed by atoms with Crippen LogP contribution in [0.3, 0.4) is 0 Å². The van der Waals surface area contributed by atoms with Gasteiger partial charge in [0.15, 0.2) is 11.5 Å². The van der Waals surface area contributed by atoms with Crippen LogP contribution in [0.1, 0.15) is 42.9 Å². The normalized spacial score (nSPS) is 18.0. The van der Waals surface area contributed by atoms with Gasteiger partial charge in [-0.15, -0.1) is 0 Å². The summed E-state index contributed by atoms with van der Waals surface area (Å²) in [5.41, 5.74) is 10.7. The molecule has 2 heterocycles. The molecule has 0 amide bonds. The van der Waals surface area contributed by atoms with Crippen LogP contribution in [0.25, 0.3) is 11.5 Å². The molecule has 0 radical (unpaired) electrons. The Bertz CT molecular complexity index is 789. The first-order valence-corrected chi connectivity index (χ1v) is 7.77. The fraction of sp³-hybridized carbons (Fsp3) is 0.467. The van der Waals surface area contributed by atoms with Gasteiger partial charge in [-0.05, 0) is 18.8 Å². The van der Waals surface area contributed by atoms with E-state index < -0.39 is 17.8 Å². The number of nitrogens with two attached hydrogens (primary N) is 2. The average Bonchev–Trinajstić information content (AvgIpc) is 2.55. The van der Waals surface area contributed by atoms with Crippen LogP contribution in [-0.4, -0.2) is 25.9 Å². The Balaban J connectivity index is 1.93. The smallest absolute Gasteiger partial charge is 0.383 e. The van der Waals surface area contributed by atoms with Crippen LogP contribution in [0.4, 0.5) is 33.6 Å². The number of nitrogen functional groups attached to an aromatic ring is 2. The van der Waals surface area contributed by atoms with Gasteiger partial charge in [0.25, 0.3) is 0 Å². The lowest BCUT2D eigenvalue weighted by atomic mass is 9.82. The lowest BCUT2D eigenvalue weighted by Crippen LogP contribution is -2.25.